The van der Waals surface area contributed by atoms with Crippen LogP contribution in [-0.2, 0) is 0 Å². The summed E-state index contributed by atoms with van der Waals surface area (Å²) in [4.78, 5) is 2.54. The number of allylic oxidation sites excluding steroid dienone is 6. The summed E-state index contributed by atoms with van der Waals surface area (Å²) in [6.45, 7) is 1.83. The third-order valence-corrected chi connectivity index (χ3v) is 4.40. The van der Waals surface area contributed by atoms with Gasteiger partial charge in [-0.15, -0.1) is 0 Å². The fraction of sp³-hybridized carbons (Fsp3) is 0.529. The smallest absolute Gasteiger partial charge is 0.0399 e. The molecule has 2 heteroatoms. The van der Waals surface area contributed by atoms with E-state index in [1.807, 2.05) is 0 Å². The molecule has 0 bridgehead atoms. The molecule has 3 rings (SSSR count). The Kier molecular flexibility index (Phi) is 3.88. The Morgan fingerprint density at radius 2 is 1.47 bits per heavy atom. The van der Waals surface area contributed by atoms with Crippen molar-refractivity contribution in [2.75, 3.05) is 13.1 Å². The van der Waals surface area contributed by atoms with E-state index in [9.17, 15) is 0 Å². The normalized spacial score (nSPS) is 22.5. The molecule has 2 N–H and O–H groups in total. The summed E-state index contributed by atoms with van der Waals surface area (Å²) in [6.07, 6.45) is 17.8. The van der Waals surface area contributed by atoms with Crippen LogP contribution in [-0.4, -0.2) is 18.0 Å². The number of hydrogen-bond acceptors (Lipinski definition) is 2. The molecule has 0 aromatic heterocycles. The topological polar surface area (TPSA) is 29.3 Å². The molecule has 0 spiro atoms. The predicted octanol–water partition coefficient (Wildman–Crippen LogP) is 3.64. The first kappa shape index (κ1) is 12.7. The van der Waals surface area contributed by atoms with Crippen molar-refractivity contribution in [1.29, 1.82) is 0 Å². The van der Waals surface area contributed by atoms with Crippen molar-refractivity contribution in [3.63, 3.8) is 0 Å². The largest absolute Gasteiger partial charge is 0.342 e. The Balaban J connectivity index is 1.96. The monoisotopic (exact) mass is 256 g/mol. The van der Waals surface area contributed by atoms with Crippen LogP contribution < -0.4 is 5.73 Å². The van der Waals surface area contributed by atoms with Gasteiger partial charge in [0.2, 0.25) is 0 Å². The van der Waals surface area contributed by atoms with E-state index in [0.29, 0.717) is 0 Å². The van der Waals surface area contributed by atoms with Crippen molar-refractivity contribution in [3.05, 3.63) is 46.8 Å². The van der Waals surface area contributed by atoms with Gasteiger partial charge in [0.1, 0.15) is 0 Å². The molecule has 0 unspecified atom stereocenters. The summed E-state index contributed by atoms with van der Waals surface area (Å²) in [5.41, 5.74) is 12.0. The lowest BCUT2D eigenvalue weighted by atomic mass is 9.94. The third kappa shape index (κ3) is 2.55. The fourth-order valence-electron chi connectivity index (χ4n) is 3.39. The van der Waals surface area contributed by atoms with E-state index in [1.165, 1.54) is 49.9 Å². The van der Waals surface area contributed by atoms with Crippen LogP contribution in [0.3, 0.4) is 0 Å². The summed E-state index contributed by atoms with van der Waals surface area (Å²) >= 11 is 0. The zero-order chi connectivity index (χ0) is 13.1. The first-order valence-corrected chi connectivity index (χ1v) is 7.65. The van der Waals surface area contributed by atoms with Crippen LogP contribution in [0.4, 0.5) is 0 Å². The average Bonchev–Trinajstić information content (AvgIpc) is 2.62. The van der Waals surface area contributed by atoms with Crippen molar-refractivity contribution >= 4 is 0 Å². The van der Waals surface area contributed by atoms with Gasteiger partial charge in [0.15, 0.2) is 0 Å². The van der Waals surface area contributed by atoms with E-state index >= 15 is 0 Å². The van der Waals surface area contributed by atoms with Gasteiger partial charge in [0, 0.05) is 17.9 Å². The molecule has 0 saturated heterocycles. The van der Waals surface area contributed by atoms with Crippen LogP contribution in [0.15, 0.2) is 46.8 Å². The molecule has 0 aromatic carbocycles. The number of nitrogens with two attached hydrogens (primary N) is 1. The lowest BCUT2D eigenvalue weighted by Crippen LogP contribution is -2.26. The number of nitrogens with zero attached hydrogens (tertiary/aromatic N) is 1. The van der Waals surface area contributed by atoms with E-state index in [4.69, 9.17) is 5.73 Å². The van der Waals surface area contributed by atoms with Gasteiger partial charge in [-0.25, -0.2) is 0 Å². The maximum atomic E-state index is 5.73. The van der Waals surface area contributed by atoms with Crippen LogP contribution in [0.5, 0.6) is 0 Å². The Morgan fingerprint density at radius 1 is 0.895 bits per heavy atom. The zero-order valence-corrected chi connectivity index (χ0v) is 11.7. The van der Waals surface area contributed by atoms with E-state index in [1.54, 1.807) is 11.1 Å². The molecule has 2 nitrogen and oxygen atoms in total. The standard InChI is InChI=1S/C17H24N2/c18-12-5-13-19-16-8-3-1-6-14(16)10-11-15-7-2-4-9-17(15)19/h3-4,8-9H,1-2,5-7,10-13,18H2. The molecule has 0 aromatic rings. The average molecular weight is 256 g/mol. The molecule has 0 amide bonds. The van der Waals surface area contributed by atoms with Gasteiger partial charge < -0.3 is 10.6 Å². The Labute approximate surface area is 116 Å². The summed E-state index contributed by atoms with van der Waals surface area (Å²) < 4.78 is 0. The van der Waals surface area contributed by atoms with Gasteiger partial charge in [-0.1, -0.05) is 12.2 Å². The summed E-state index contributed by atoms with van der Waals surface area (Å²) in [6, 6.07) is 0. The molecular formula is C17H24N2. The number of hydrogen-bond donors (Lipinski definition) is 1. The molecule has 0 saturated carbocycles. The lowest BCUT2D eigenvalue weighted by molar-refractivity contribution is 0.431. The quantitative estimate of drug-likeness (QED) is 0.835. The van der Waals surface area contributed by atoms with Crippen LogP contribution in [0.2, 0.25) is 0 Å². The molecule has 0 atom stereocenters. The van der Waals surface area contributed by atoms with Gasteiger partial charge in [-0.2, -0.15) is 0 Å². The van der Waals surface area contributed by atoms with E-state index in [0.717, 1.165) is 19.5 Å². The van der Waals surface area contributed by atoms with Crippen LogP contribution in [0.1, 0.15) is 44.9 Å². The van der Waals surface area contributed by atoms with Gasteiger partial charge in [0.25, 0.3) is 0 Å². The molecule has 1 heterocycles. The minimum Gasteiger partial charge on any atom is -0.342 e. The Hall–Kier alpha value is -1.28. The third-order valence-electron chi connectivity index (χ3n) is 4.40. The highest BCUT2D eigenvalue weighted by atomic mass is 15.1. The van der Waals surface area contributed by atoms with Crippen LogP contribution in [0, 0.1) is 0 Å². The maximum Gasteiger partial charge on any atom is 0.0399 e. The van der Waals surface area contributed by atoms with Crippen molar-refractivity contribution < 1.29 is 0 Å². The zero-order valence-electron chi connectivity index (χ0n) is 11.7. The molecule has 0 fully saturated rings. The molecular weight excluding hydrogens is 232 g/mol. The molecule has 19 heavy (non-hydrogen) atoms. The molecule has 2 aliphatic carbocycles. The predicted molar refractivity (Wildman–Crippen MR) is 80.4 cm³/mol. The first-order chi connectivity index (χ1) is 9.40. The molecule has 102 valence electrons. The fourth-order valence-corrected chi connectivity index (χ4v) is 3.39. The number of rotatable bonds is 3. The summed E-state index contributed by atoms with van der Waals surface area (Å²) in [7, 11) is 0. The SMILES string of the molecule is NCCCN1C2=C(CCC=C2)CCC2=C1C=CCC2. The second-order valence-electron chi connectivity index (χ2n) is 5.65. The maximum absolute atomic E-state index is 5.73. The van der Waals surface area contributed by atoms with Crippen LogP contribution >= 0.6 is 0 Å². The van der Waals surface area contributed by atoms with E-state index in [2.05, 4.69) is 29.2 Å². The van der Waals surface area contributed by atoms with E-state index in [-0.39, 0.29) is 0 Å². The lowest BCUT2D eigenvalue weighted by Gasteiger charge is -2.31. The molecule has 1 aliphatic heterocycles. The highest BCUT2D eigenvalue weighted by Crippen LogP contribution is 2.37. The highest BCUT2D eigenvalue weighted by molar-refractivity contribution is 5.41. The van der Waals surface area contributed by atoms with Gasteiger partial charge >= 0.3 is 0 Å². The second-order valence-corrected chi connectivity index (χ2v) is 5.65. The van der Waals surface area contributed by atoms with Crippen molar-refractivity contribution in [2.45, 2.75) is 44.9 Å². The Bertz CT molecular complexity index is 426. The van der Waals surface area contributed by atoms with Crippen molar-refractivity contribution in [3.8, 4) is 0 Å². The summed E-state index contributed by atoms with van der Waals surface area (Å²) in [5.74, 6) is 0. The van der Waals surface area contributed by atoms with Gasteiger partial charge in [-0.3, -0.25) is 0 Å². The second kappa shape index (κ2) is 5.79. The molecule has 0 radical (unpaired) electrons. The van der Waals surface area contributed by atoms with E-state index < -0.39 is 0 Å². The first-order valence-electron chi connectivity index (χ1n) is 7.65. The highest BCUT2D eigenvalue weighted by Gasteiger charge is 2.24. The Morgan fingerprint density at radius 3 is 2.00 bits per heavy atom. The summed E-state index contributed by atoms with van der Waals surface area (Å²) in [5, 5.41) is 0. The minimum atomic E-state index is 0.773. The van der Waals surface area contributed by atoms with Gasteiger partial charge in [-0.05, 0) is 74.8 Å². The van der Waals surface area contributed by atoms with Crippen LogP contribution in [0.25, 0.3) is 0 Å². The van der Waals surface area contributed by atoms with Crippen molar-refractivity contribution in [1.82, 2.24) is 4.90 Å². The van der Waals surface area contributed by atoms with Gasteiger partial charge in [0.05, 0.1) is 0 Å². The molecule has 3 aliphatic rings. The minimum absolute atomic E-state index is 0.773. The van der Waals surface area contributed by atoms with Crippen molar-refractivity contribution in [2.24, 2.45) is 5.73 Å².